The first-order chi connectivity index (χ1) is 9.33. The predicted octanol–water partition coefficient (Wildman–Crippen LogP) is 5.33. The summed E-state index contributed by atoms with van der Waals surface area (Å²) < 4.78 is 0. The standard InChI is InChI=1S/C19H34S/c1-6-7-8-12-17-20(3,4,5)18(2)15-16-19-13-10-9-11-14-19/h6,9-11,13-14,18,20H,1,7-8,12,15-17H2,2-5H3. The van der Waals surface area contributed by atoms with E-state index in [4.69, 9.17) is 0 Å². The molecule has 1 atom stereocenters. The van der Waals surface area contributed by atoms with Gasteiger partial charge < -0.3 is 0 Å². The number of aryl methyl sites for hydroxylation is 1. The van der Waals surface area contributed by atoms with Gasteiger partial charge in [0, 0.05) is 0 Å². The zero-order chi connectivity index (χ0) is 15.1. The Balaban J connectivity index is 2.49. The Morgan fingerprint density at radius 3 is 2.35 bits per heavy atom. The molecule has 0 N–H and O–H groups in total. The van der Waals surface area contributed by atoms with E-state index in [-0.39, 0.29) is 0 Å². The van der Waals surface area contributed by atoms with Crippen LogP contribution in [0.15, 0.2) is 43.0 Å². The smallest absolute Gasteiger partial charge is 0.0270 e. The summed E-state index contributed by atoms with van der Waals surface area (Å²) in [7, 11) is -1.52. The topological polar surface area (TPSA) is 0 Å². The van der Waals surface area contributed by atoms with Crippen molar-refractivity contribution in [2.45, 2.75) is 44.3 Å². The van der Waals surface area contributed by atoms with Gasteiger partial charge in [0.2, 0.25) is 0 Å². The van der Waals surface area contributed by atoms with E-state index >= 15 is 0 Å². The van der Waals surface area contributed by atoms with Crippen LogP contribution in [0, 0.1) is 0 Å². The van der Waals surface area contributed by atoms with Gasteiger partial charge in [0.05, 0.1) is 0 Å². The number of hydrogen-bond acceptors (Lipinski definition) is 0. The lowest BCUT2D eigenvalue weighted by molar-refractivity contribution is 0.778. The Labute approximate surface area is 127 Å². The van der Waals surface area contributed by atoms with Crippen molar-refractivity contribution >= 4 is 9.16 Å². The molecule has 0 bridgehead atoms. The van der Waals surface area contributed by atoms with Gasteiger partial charge in [0.15, 0.2) is 0 Å². The summed E-state index contributed by atoms with van der Waals surface area (Å²) in [5.74, 6) is 1.43. The fourth-order valence-electron chi connectivity index (χ4n) is 2.69. The van der Waals surface area contributed by atoms with Crippen LogP contribution in [-0.4, -0.2) is 29.8 Å². The van der Waals surface area contributed by atoms with E-state index in [0.717, 1.165) is 5.25 Å². The predicted molar refractivity (Wildman–Crippen MR) is 99.9 cm³/mol. The van der Waals surface area contributed by atoms with Gasteiger partial charge in [-0.05, 0) is 67.4 Å². The monoisotopic (exact) mass is 294 g/mol. The largest absolute Gasteiger partial charge is 0.288 e. The maximum absolute atomic E-state index is 3.82. The number of unbranched alkanes of at least 4 members (excludes halogenated alkanes) is 2. The maximum atomic E-state index is 3.82. The highest BCUT2D eigenvalue weighted by Gasteiger charge is 2.31. The molecule has 1 rings (SSSR count). The molecule has 0 heterocycles. The summed E-state index contributed by atoms with van der Waals surface area (Å²) in [6.07, 6.45) is 16.2. The number of benzene rings is 1. The molecule has 1 heteroatoms. The van der Waals surface area contributed by atoms with Crippen LogP contribution in [0.5, 0.6) is 0 Å². The van der Waals surface area contributed by atoms with E-state index in [1.165, 1.54) is 43.4 Å². The SMILES string of the molecule is C=CCCCC[SH](C)(C)(C)C(C)CCc1ccccc1. The molecule has 0 saturated heterocycles. The first-order valence-electron chi connectivity index (χ1n) is 7.98. The molecule has 116 valence electrons. The molecule has 0 aromatic heterocycles. The van der Waals surface area contributed by atoms with Crippen LogP contribution in [0.4, 0.5) is 0 Å². The second-order valence-electron chi connectivity index (χ2n) is 7.63. The van der Waals surface area contributed by atoms with Crippen molar-refractivity contribution in [1.29, 1.82) is 0 Å². The van der Waals surface area contributed by atoms with Crippen molar-refractivity contribution in [2.24, 2.45) is 0 Å². The second kappa shape index (κ2) is 7.36. The third-order valence-corrected chi connectivity index (χ3v) is 10.4. The number of thiol groups is 1. The van der Waals surface area contributed by atoms with Crippen LogP contribution >= 0.6 is 9.16 Å². The Kier molecular flexibility index (Phi) is 6.39. The van der Waals surface area contributed by atoms with Gasteiger partial charge in [-0.3, -0.25) is 9.16 Å². The van der Waals surface area contributed by atoms with Crippen LogP contribution in [0.3, 0.4) is 0 Å². The van der Waals surface area contributed by atoms with Gasteiger partial charge in [-0.15, -0.1) is 6.58 Å². The van der Waals surface area contributed by atoms with E-state index in [2.05, 4.69) is 68.7 Å². The van der Waals surface area contributed by atoms with Crippen molar-refractivity contribution < 1.29 is 0 Å². The molecule has 0 aliphatic heterocycles. The molecule has 0 aliphatic rings. The first-order valence-corrected chi connectivity index (χ1v) is 11.8. The summed E-state index contributed by atoms with van der Waals surface area (Å²) in [5.41, 5.74) is 1.48. The molecule has 1 aromatic rings. The number of rotatable bonds is 9. The highest BCUT2D eigenvalue weighted by atomic mass is 32.3. The van der Waals surface area contributed by atoms with Gasteiger partial charge in [0.1, 0.15) is 0 Å². The minimum absolute atomic E-state index is 0.852. The highest BCUT2D eigenvalue weighted by molar-refractivity contribution is 8.48. The summed E-state index contributed by atoms with van der Waals surface area (Å²) >= 11 is 0. The number of hydrogen-bond donors (Lipinski definition) is 1. The van der Waals surface area contributed by atoms with Crippen molar-refractivity contribution in [3.8, 4) is 0 Å². The second-order valence-corrected chi connectivity index (χ2v) is 15.5. The highest BCUT2D eigenvalue weighted by Crippen LogP contribution is 2.65. The van der Waals surface area contributed by atoms with Crippen LogP contribution in [-0.2, 0) is 6.42 Å². The molecule has 0 nitrogen and oxygen atoms in total. The quantitative estimate of drug-likeness (QED) is 0.355. The van der Waals surface area contributed by atoms with Crippen LogP contribution in [0.1, 0.15) is 38.2 Å². The third kappa shape index (κ3) is 5.75. The average Bonchev–Trinajstić information content (AvgIpc) is 2.41. The molecule has 0 aliphatic carbocycles. The van der Waals surface area contributed by atoms with Crippen LogP contribution in [0.2, 0.25) is 0 Å². The van der Waals surface area contributed by atoms with Gasteiger partial charge >= 0.3 is 0 Å². The molecule has 20 heavy (non-hydrogen) atoms. The Morgan fingerprint density at radius 1 is 1.10 bits per heavy atom. The van der Waals surface area contributed by atoms with E-state index in [9.17, 15) is 0 Å². The molecule has 1 unspecified atom stereocenters. The fourth-order valence-corrected chi connectivity index (χ4v) is 5.57. The average molecular weight is 295 g/mol. The lowest BCUT2D eigenvalue weighted by Crippen LogP contribution is -2.29. The van der Waals surface area contributed by atoms with Gasteiger partial charge in [-0.25, -0.2) is 0 Å². The lowest BCUT2D eigenvalue weighted by Gasteiger charge is -2.57. The summed E-state index contributed by atoms with van der Waals surface area (Å²) in [6.45, 7) is 6.30. The van der Waals surface area contributed by atoms with Gasteiger partial charge in [-0.1, -0.05) is 43.3 Å². The zero-order valence-corrected chi connectivity index (χ0v) is 14.8. The zero-order valence-electron chi connectivity index (χ0n) is 13.9. The van der Waals surface area contributed by atoms with Crippen LogP contribution < -0.4 is 0 Å². The lowest BCUT2D eigenvalue weighted by atomic mass is 10.1. The summed E-state index contributed by atoms with van der Waals surface area (Å²) in [5, 5.41) is 0.852. The minimum atomic E-state index is -1.52. The van der Waals surface area contributed by atoms with Crippen LogP contribution in [0.25, 0.3) is 0 Å². The van der Waals surface area contributed by atoms with Gasteiger partial charge in [-0.2, -0.15) is 0 Å². The molecule has 0 fully saturated rings. The van der Waals surface area contributed by atoms with E-state index in [1.54, 1.807) is 0 Å². The fraction of sp³-hybridized carbons (Fsp3) is 0.579. The van der Waals surface area contributed by atoms with Crippen molar-refractivity contribution in [1.82, 2.24) is 0 Å². The normalized spacial score (nSPS) is 15.3. The first kappa shape index (κ1) is 17.4. The Hall–Kier alpha value is -0.690. The van der Waals surface area contributed by atoms with E-state index in [0.29, 0.717) is 0 Å². The Bertz CT molecular complexity index is 397. The van der Waals surface area contributed by atoms with Crippen molar-refractivity contribution in [2.75, 3.05) is 24.5 Å². The van der Waals surface area contributed by atoms with Gasteiger partial charge in [0.25, 0.3) is 0 Å². The molecule has 0 amide bonds. The molecule has 0 saturated carbocycles. The van der Waals surface area contributed by atoms with Crippen molar-refractivity contribution in [3.05, 3.63) is 48.6 Å². The summed E-state index contributed by atoms with van der Waals surface area (Å²) in [4.78, 5) is 0. The molecule has 1 aromatic carbocycles. The summed E-state index contributed by atoms with van der Waals surface area (Å²) in [6, 6.07) is 10.9. The van der Waals surface area contributed by atoms with E-state index < -0.39 is 9.16 Å². The Morgan fingerprint density at radius 2 is 1.75 bits per heavy atom. The third-order valence-electron chi connectivity index (χ3n) is 4.94. The molecular weight excluding hydrogens is 260 g/mol. The van der Waals surface area contributed by atoms with Crippen molar-refractivity contribution in [3.63, 3.8) is 0 Å². The number of allylic oxidation sites excluding steroid dienone is 1. The molecule has 0 spiro atoms. The molecule has 0 radical (unpaired) electrons. The molecular formula is C19H34S. The minimum Gasteiger partial charge on any atom is -0.288 e. The van der Waals surface area contributed by atoms with E-state index in [1.807, 2.05) is 0 Å². The maximum Gasteiger partial charge on any atom is -0.0270 e.